The fraction of sp³-hybridized carbons (Fsp3) is 0.0455. The highest BCUT2D eigenvalue weighted by atomic mass is 16.5. The lowest BCUT2D eigenvalue weighted by molar-refractivity contribution is 0.415. The van der Waals surface area contributed by atoms with Gasteiger partial charge >= 0.3 is 0 Å². The molecule has 3 nitrogen and oxygen atoms in total. The third-order valence-corrected chi connectivity index (χ3v) is 4.16. The van der Waals surface area contributed by atoms with Crippen LogP contribution in [0.5, 0.6) is 5.75 Å². The third kappa shape index (κ3) is 3.04. The van der Waals surface area contributed by atoms with Crippen molar-refractivity contribution < 1.29 is 4.74 Å². The molecule has 1 heterocycles. The van der Waals surface area contributed by atoms with Gasteiger partial charge in [0, 0.05) is 23.0 Å². The Balaban J connectivity index is 1.87. The molecule has 0 atom stereocenters. The molecule has 4 aromatic rings. The topological polar surface area (TPSA) is 27.1 Å². The van der Waals surface area contributed by atoms with Crippen molar-refractivity contribution in [1.82, 2.24) is 9.55 Å². The molecule has 25 heavy (non-hydrogen) atoms. The number of rotatable bonds is 4. The second-order valence-corrected chi connectivity index (χ2v) is 5.75. The highest BCUT2D eigenvalue weighted by Crippen LogP contribution is 2.28. The van der Waals surface area contributed by atoms with Gasteiger partial charge in [0.2, 0.25) is 0 Å². The number of aromatic nitrogens is 2. The van der Waals surface area contributed by atoms with Gasteiger partial charge in [0.1, 0.15) is 11.6 Å². The largest absolute Gasteiger partial charge is 0.497 e. The van der Waals surface area contributed by atoms with Crippen LogP contribution in [-0.4, -0.2) is 16.7 Å². The molecule has 4 rings (SSSR count). The quantitative estimate of drug-likeness (QED) is 0.514. The molecular weight excluding hydrogens is 308 g/mol. The summed E-state index contributed by atoms with van der Waals surface area (Å²) in [6.45, 7) is 0. The number of hydrogen-bond acceptors (Lipinski definition) is 2. The van der Waals surface area contributed by atoms with E-state index < -0.39 is 0 Å². The van der Waals surface area contributed by atoms with Crippen molar-refractivity contribution in [1.29, 1.82) is 0 Å². The van der Waals surface area contributed by atoms with Crippen molar-refractivity contribution in [3.63, 3.8) is 0 Å². The van der Waals surface area contributed by atoms with Gasteiger partial charge in [-0.15, -0.1) is 0 Å². The predicted octanol–water partition coefficient (Wildman–Crippen LogP) is 5.21. The molecule has 0 aliphatic heterocycles. The Labute approximate surface area is 147 Å². The lowest BCUT2D eigenvalue weighted by atomic mass is 10.2. The van der Waals surface area contributed by atoms with E-state index in [1.165, 1.54) is 0 Å². The number of ether oxygens (including phenoxy) is 1. The maximum atomic E-state index is 5.27. The number of methoxy groups -OCH3 is 1. The van der Waals surface area contributed by atoms with Crippen molar-refractivity contribution in [2.75, 3.05) is 7.11 Å². The van der Waals surface area contributed by atoms with Gasteiger partial charge in [0.15, 0.2) is 0 Å². The van der Waals surface area contributed by atoms with Crippen LogP contribution < -0.4 is 4.74 Å². The minimum atomic E-state index is 0.838. The first-order chi connectivity index (χ1) is 12.3. The van der Waals surface area contributed by atoms with E-state index in [-0.39, 0.29) is 0 Å². The molecule has 0 fully saturated rings. The Morgan fingerprint density at radius 2 is 1.36 bits per heavy atom. The van der Waals surface area contributed by atoms with E-state index >= 15 is 0 Å². The van der Waals surface area contributed by atoms with Gasteiger partial charge in [-0.25, -0.2) is 4.98 Å². The van der Waals surface area contributed by atoms with Crippen molar-refractivity contribution in [2.45, 2.75) is 0 Å². The zero-order valence-corrected chi connectivity index (χ0v) is 14.0. The van der Waals surface area contributed by atoms with E-state index in [0.717, 1.165) is 34.1 Å². The summed E-state index contributed by atoms with van der Waals surface area (Å²) < 4.78 is 7.40. The molecule has 0 aliphatic carbocycles. The van der Waals surface area contributed by atoms with Crippen molar-refractivity contribution in [3.8, 4) is 34.1 Å². The summed E-state index contributed by atoms with van der Waals surface area (Å²) in [6.07, 6.45) is 2.09. The van der Waals surface area contributed by atoms with E-state index in [1.54, 1.807) is 7.11 Å². The molecular formula is C22H18N2O. The van der Waals surface area contributed by atoms with Gasteiger partial charge in [-0.05, 0) is 36.4 Å². The maximum Gasteiger partial charge on any atom is 0.145 e. The summed E-state index contributed by atoms with van der Waals surface area (Å²) in [7, 11) is 1.67. The van der Waals surface area contributed by atoms with Crippen LogP contribution >= 0.6 is 0 Å². The van der Waals surface area contributed by atoms with Crippen LogP contribution in [0.2, 0.25) is 0 Å². The molecule has 0 saturated carbocycles. The summed E-state index contributed by atoms with van der Waals surface area (Å²) in [4.78, 5) is 4.90. The summed E-state index contributed by atoms with van der Waals surface area (Å²) in [6, 6.07) is 28.5. The first-order valence-electron chi connectivity index (χ1n) is 8.20. The molecule has 0 unspecified atom stereocenters. The zero-order valence-electron chi connectivity index (χ0n) is 14.0. The molecule has 0 radical (unpaired) electrons. The lowest BCUT2D eigenvalue weighted by Gasteiger charge is -2.08. The minimum absolute atomic E-state index is 0.838. The normalized spacial score (nSPS) is 10.6. The SMILES string of the molecule is COc1ccc(-c2nc(-c3ccccc3)cn2-c2ccccc2)cc1. The highest BCUT2D eigenvalue weighted by Gasteiger charge is 2.13. The molecule has 3 aromatic carbocycles. The Hall–Kier alpha value is -3.33. The van der Waals surface area contributed by atoms with Gasteiger partial charge in [-0.2, -0.15) is 0 Å². The van der Waals surface area contributed by atoms with Crippen LogP contribution in [0.1, 0.15) is 0 Å². The number of hydrogen-bond donors (Lipinski definition) is 0. The second-order valence-electron chi connectivity index (χ2n) is 5.75. The van der Waals surface area contributed by atoms with Crippen LogP contribution in [0.4, 0.5) is 0 Å². The average Bonchev–Trinajstić information content (AvgIpc) is 3.15. The molecule has 0 bridgehead atoms. The summed E-state index contributed by atoms with van der Waals surface area (Å²) in [5, 5.41) is 0. The Morgan fingerprint density at radius 3 is 2.00 bits per heavy atom. The van der Waals surface area contributed by atoms with Gasteiger partial charge < -0.3 is 4.74 Å². The Bertz CT molecular complexity index is 958. The second kappa shape index (κ2) is 6.65. The van der Waals surface area contributed by atoms with Gasteiger partial charge in [-0.3, -0.25) is 4.57 Å². The molecule has 122 valence electrons. The minimum Gasteiger partial charge on any atom is -0.497 e. The number of imidazole rings is 1. The van der Waals surface area contributed by atoms with Crippen LogP contribution in [0.15, 0.2) is 91.1 Å². The van der Waals surface area contributed by atoms with Crippen LogP contribution in [-0.2, 0) is 0 Å². The maximum absolute atomic E-state index is 5.27. The molecule has 0 N–H and O–H groups in total. The monoisotopic (exact) mass is 326 g/mol. The molecule has 0 spiro atoms. The first kappa shape index (κ1) is 15.2. The van der Waals surface area contributed by atoms with E-state index in [4.69, 9.17) is 9.72 Å². The molecule has 0 amide bonds. The number of para-hydroxylation sites is 1. The van der Waals surface area contributed by atoms with Crippen LogP contribution in [0.3, 0.4) is 0 Å². The van der Waals surface area contributed by atoms with E-state index in [9.17, 15) is 0 Å². The summed E-state index contributed by atoms with van der Waals surface area (Å²) >= 11 is 0. The highest BCUT2D eigenvalue weighted by molar-refractivity contribution is 5.67. The number of nitrogens with zero attached hydrogens (tertiary/aromatic N) is 2. The third-order valence-electron chi connectivity index (χ3n) is 4.16. The van der Waals surface area contributed by atoms with E-state index in [1.807, 2.05) is 60.7 Å². The van der Waals surface area contributed by atoms with Crippen molar-refractivity contribution >= 4 is 0 Å². The molecule has 3 heteroatoms. The van der Waals surface area contributed by atoms with Gasteiger partial charge in [-0.1, -0.05) is 48.5 Å². The Kier molecular flexibility index (Phi) is 4.05. The van der Waals surface area contributed by atoms with E-state index in [2.05, 4.69) is 35.0 Å². The van der Waals surface area contributed by atoms with Crippen LogP contribution in [0.25, 0.3) is 28.3 Å². The predicted molar refractivity (Wildman–Crippen MR) is 101 cm³/mol. The summed E-state index contributed by atoms with van der Waals surface area (Å²) in [5.41, 5.74) is 4.19. The van der Waals surface area contributed by atoms with E-state index in [0.29, 0.717) is 0 Å². The fourth-order valence-corrected chi connectivity index (χ4v) is 2.86. The average molecular weight is 326 g/mol. The molecule has 0 aliphatic rings. The smallest absolute Gasteiger partial charge is 0.145 e. The van der Waals surface area contributed by atoms with Crippen molar-refractivity contribution in [2.24, 2.45) is 0 Å². The molecule has 1 aromatic heterocycles. The van der Waals surface area contributed by atoms with Crippen molar-refractivity contribution in [3.05, 3.63) is 91.1 Å². The molecule has 0 saturated heterocycles. The zero-order chi connectivity index (χ0) is 17.1. The van der Waals surface area contributed by atoms with Gasteiger partial charge in [0.05, 0.1) is 12.8 Å². The summed E-state index contributed by atoms with van der Waals surface area (Å²) in [5.74, 6) is 1.75. The number of benzene rings is 3. The van der Waals surface area contributed by atoms with Gasteiger partial charge in [0.25, 0.3) is 0 Å². The van der Waals surface area contributed by atoms with Crippen LogP contribution in [0, 0.1) is 0 Å². The lowest BCUT2D eigenvalue weighted by Crippen LogP contribution is -1.95. The Morgan fingerprint density at radius 1 is 0.720 bits per heavy atom. The first-order valence-corrected chi connectivity index (χ1v) is 8.20. The standard InChI is InChI=1S/C22H18N2O/c1-25-20-14-12-18(13-15-20)22-23-21(17-8-4-2-5-9-17)16-24(22)19-10-6-3-7-11-19/h2-16H,1H3. The fourth-order valence-electron chi connectivity index (χ4n) is 2.86.